The second kappa shape index (κ2) is 7.51. The number of rotatable bonds is 6. The molecule has 0 fully saturated rings. The lowest BCUT2D eigenvalue weighted by Gasteiger charge is -2.12. The van der Waals surface area contributed by atoms with Gasteiger partial charge in [-0.1, -0.05) is 6.07 Å². The largest absolute Gasteiger partial charge is 0.464 e. The first-order valence-electron chi connectivity index (χ1n) is 8.62. The van der Waals surface area contributed by atoms with Gasteiger partial charge in [-0.15, -0.1) is 0 Å². The van der Waals surface area contributed by atoms with Crippen LogP contribution in [0.3, 0.4) is 0 Å². The Labute approximate surface area is 160 Å². The summed E-state index contributed by atoms with van der Waals surface area (Å²) in [5, 5.41) is 2.85. The van der Waals surface area contributed by atoms with Crippen molar-refractivity contribution in [3.05, 3.63) is 60.0 Å². The van der Waals surface area contributed by atoms with Gasteiger partial charge in [0.05, 0.1) is 19.1 Å². The molecule has 28 heavy (non-hydrogen) atoms. The van der Waals surface area contributed by atoms with Crippen molar-refractivity contribution in [1.82, 2.24) is 9.88 Å². The second-order valence-electron chi connectivity index (χ2n) is 6.12. The van der Waals surface area contributed by atoms with E-state index < -0.39 is 5.97 Å². The van der Waals surface area contributed by atoms with E-state index in [-0.39, 0.29) is 24.9 Å². The van der Waals surface area contributed by atoms with Crippen LogP contribution < -0.4 is 14.8 Å². The number of amides is 1. The number of esters is 1. The van der Waals surface area contributed by atoms with E-state index in [1.807, 2.05) is 12.1 Å². The van der Waals surface area contributed by atoms with Gasteiger partial charge < -0.3 is 28.5 Å². The average molecular weight is 382 g/mol. The van der Waals surface area contributed by atoms with Gasteiger partial charge in [0.15, 0.2) is 11.5 Å². The lowest BCUT2D eigenvalue weighted by atomic mass is 10.2. The Morgan fingerprint density at radius 3 is 2.79 bits per heavy atom. The number of methoxy groups -OCH3 is 1. The van der Waals surface area contributed by atoms with E-state index in [1.165, 1.54) is 13.4 Å². The quantitative estimate of drug-likeness (QED) is 0.659. The third-order valence-corrected chi connectivity index (χ3v) is 4.38. The molecule has 1 aliphatic heterocycles. The molecule has 1 aromatic carbocycles. The molecule has 1 aliphatic rings. The third kappa shape index (κ3) is 3.44. The summed E-state index contributed by atoms with van der Waals surface area (Å²) >= 11 is 0. The first kappa shape index (κ1) is 17.7. The van der Waals surface area contributed by atoms with Crippen molar-refractivity contribution >= 4 is 11.9 Å². The van der Waals surface area contributed by atoms with Crippen LogP contribution in [-0.4, -0.2) is 30.3 Å². The highest BCUT2D eigenvalue weighted by Crippen LogP contribution is 2.32. The SMILES string of the molecule is COC(=O)c1ccc(-c2ccco2)n1CC(=O)NCc1ccc2c(c1)OCO2. The van der Waals surface area contributed by atoms with Crippen molar-refractivity contribution in [3.8, 4) is 23.0 Å². The molecule has 0 saturated carbocycles. The Hall–Kier alpha value is -3.68. The third-order valence-electron chi connectivity index (χ3n) is 4.38. The number of carbonyl (C=O) groups excluding carboxylic acids is 2. The number of nitrogens with one attached hydrogen (secondary N) is 1. The van der Waals surface area contributed by atoms with Crippen molar-refractivity contribution in [2.24, 2.45) is 0 Å². The van der Waals surface area contributed by atoms with Crippen molar-refractivity contribution in [2.75, 3.05) is 13.9 Å². The van der Waals surface area contributed by atoms with Gasteiger partial charge in [0.25, 0.3) is 0 Å². The highest BCUT2D eigenvalue weighted by molar-refractivity contribution is 5.90. The molecule has 144 valence electrons. The van der Waals surface area contributed by atoms with E-state index in [4.69, 9.17) is 18.6 Å². The number of hydrogen-bond donors (Lipinski definition) is 1. The molecule has 1 amide bonds. The first-order chi connectivity index (χ1) is 13.7. The predicted octanol–water partition coefficient (Wildman–Crippen LogP) is 2.58. The fourth-order valence-electron chi connectivity index (χ4n) is 3.01. The van der Waals surface area contributed by atoms with Crippen LogP contribution in [0.1, 0.15) is 16.1 Å². The zero-order chi connectivity index (χ0) is 19.5. The van der Waals surface area contributed by atoms with Gasteiger partial charge in [-0.3, -0.25) is 4.79 Å². The zero-order valence-electron chi connectivity index (χ0n) is 15.1. The lowest BCUT2D eigenvalue weighted by molar-refractivity contribution is -0.121. The van der Waals surface area contributed by atoms with E-state index in [0.717, 1.165) is 5.56 Å². The standard InChI is InChI=1S/C20H18N2O6/c1-25-20(24)15-6-5-14(16-3-2-8-26-16)22(15)11-19(23)21-10-13-4-7-17-18(9-13)28-12-27-17/h2-9H,10-12H2,1H3,(H,21,23). The van der Waals surface area contributed by atoms with Gasteiger partial charge >= 0.3 is 5.97 Å². The molecule has 4 rings (SSSR count). The second-order valence-corrected chi connectivity index (χ2v) is 6.12. The fraction of sp³-hybridized carbons (Fsp3) is 0.200. The molecular weight excluding hydrogens is 364 g/mol. The highest BCUT2D eigenvalue weighted by Gasteiger charge is 2.20. The lowest BCUT2D eigenvalue weighted by Crippen LogP contribution is -2.28. The molecule has 0 bridgehead atoms. The summed E-state index contributed by atoms with van der Waals surface area (Å²) in [6.45, 7) is 0.461. The monoisotopic (exact) mass is 382 g/mol. The van der Waals surface area contributed by atoms with Crippen LogP contribution >= 0.6 is 0 Å². The van der Waals surface area contributed by atoms with Crippen LogP contribution in [0.4, 0.5) is 0 Å². The van der Waals surface area contributed by atoms with Gasteiger partial charge in [-0.2, -0.15) is 0 Å². The summed E-state index contributed by atoms with van der Waals surface area (Å²) in [6, 6.07) is 12.3. The molecule has 0 saturated heterocycles. The number of fused-ring (bicyclic) bond motifs is 1. The number of aromatic nitrogens is 1. The summed E-state index contributed by atoms with van der Waals surface area (Å²) in [7, 11) is 1.30. The van der Waals surface area contributed by atoms with Crippen molar-refractivity contribution in [3.63, 3.8) is 0 Å². The van der Waals surface area contributed by atoms with Gasteiger partial charge in [-0.05, 0) is 42.0 Å². The molecular formula is C20H18N2O6. The highest BCUT2D eigenvalue weighted by atomic mass is 16.7. The van der Waals surface area contributed by atoms with Gasteiger partial charge in [0, 0.05) is 6.54 Å². The minimum atomic E-state index is -0.527. The predicted molar refractivity (Wildman–Crippen MR) is 97.9 cm³/mol. The van der Waals surface area contributed by atoms with Crippen molar-refractivity contribution in [2.45, 2.75) is 13.1 Å². The van der Waals surface area contributed by atoms with Crippen LogP contribution in [0, 0.1) is 0 Å². The Morgan fingerprint density at radius 2 is 2.00 bits per heavy atom. The van der Waals surface area contributed by atoms with Gasteiger partial charge in [-0.25, -0.2) is 4.79 Å². The molecule has 0 atom stereocenters. The average Bonchev–Trinajstić information content (AvgIpc) is 3.45. The number of ether oxygens (including phenoxy) is 3. The normalized spacial score (nSPS) is 12.0. The molecule has 2 aromatic heterocycles. The smallest absolute Gasteiger partial charge is 0.354 e. The molecule has 0 spiro atoms. The minimum Gasteiger partial charge on any atom is -0.464 e. The van der Waals surface area contributed by atoms with Crippen LogP contribution in [0.2, 0.25) is 0 Å². The molecule has 0 unspecified atom stereocenters. The Kier molecular flexibility index (Phi) is 4.76. The van der Waals surface area contributed by atoms with Crippen LogP contribution in [0.5, 0.6) is 11.5 Å². The van der Waals surface area contributed by atoms with Crippen LogP contribution in [-0.2, 0) is 22.6 Å². The molecule has 0 radical (unpaired) electrons. The molecule has 3 aromatic rings. The fourth-order valence-corrected chi connectivity index (χ4v) is 3.01. The zero-order valence-corrected chi connectivity index (χ0v) is 15.1. The van der Waals surface area contributed by atoms with Gasteiger partial charge in [0.2, 0.25) is 12.7 Å². The maximum absolute atomic E-state index is 12.5. The maximum atomic E-state index is 12.5. The van der Waals surface area contributed by atoms with E-state index in [0.29, 0.717) is 29.5 Å². The van der Waals surface area contributed by atoms with E-state index in [9.17, 15) is 9.59 Å². The summed E-state index contributed by atoms with van der Waals surface area (Å²) in [4.78, 5) is 24.6. The number of benzene rings is 1. The minimum absolute atomic E-state index is 0.0575. The number of nitrogens with zero attached hydrogens (tertiary/aromatic N) is 1. The number of furan rings is 1. The molecule has 3 heterocycles. The van der Waals surface area contributed by atoms with Gasteiger partial charge in [0.1, 0.15) is 18.0 Å². The Bertz CT molecular complexity index is 1010. The van der Waals surface area contributed by atoms with Crippen LogP contribution in [0.15, 0.2) is 53.1 Å². The number of hydrogen-bond acceptors (Lipinski definition) is 6. The molecule has 8 nitrogen and oxygen atoms in total. The van der Waals surface area contributed by atoms with E-state index >= 15 is 0 Å². The Balaban J connectivity index is 1.49. The van der Waals surface area contributed by atoms with E-state index in [1.54, 1.807) is 34.9 Å². The molecule has 8 heteroatoms. The van der Waals surface area contributed by atoms with Crippen molar-refractivity contribution in [1.29, 1.82) is 0 Å². The summed E-state index contributed by atoms with van der Waals surface area (Å²) in [5.74, 6) is 1.12. The Morgan fingerprint density at radius 1 is 1.14 bits per heavy atom. The topological polar surface area (TPSA) is 91.9 Å². The molecule has 0 aliphatic carbocycles. The summed E-state index contributed by atoms with van der Waals surface area (Å²) < 4.78 is 22.4. The summed E-state index contributed by atoms with van der Waals surface area (Å²) in [5.41, 5.74) is 1.76. The summed E-state index contributed by atoms with van der Waals surface area (Å²) in [6.07, 6.45) is 1.53. The van der Waals surface area contributed by atoms with Crippen molar-refractivity contribution < 1.29 is 28.2 Å². The maximum Gasteiger partial charge on any atom is 0.354 e. The van der Waals surface area contributed by atoms with E-state index in [2.05, 4.69) is 5.32 Å². The number of carbonyl (C=O) groups is 2. The first-order valence-corrected chi connectivity index (χ1v) is 8.62. The van der Waals surface area contributed by atoms with Crippen LogP contribution in [0.25, 0.3) is 11.5 Å². The molecule has 1 N–H and O–H groups in total.